The van der Waals surface area contributed by atoms with Crippen LogP contribution in [0, 0.1) is 0 Å². The van der Waals surface area contributed by atoms with Gasteiger partial charge in [0, 0.05) is 19.3 Å². The maximum absolute atomic E-state index is 4.47. The first-order valence-electron chi connectivity index (χ1n) is 6.02. The Hall–Kier alpha value is -0.990. The summed E-state index contributed by atoms with van der Waals surface area (Å²) in [6.07, 6.45) is 6.20. The van der Waals surface area contributed by atoms with Crippen molar-refractivity contribution in [2.75, 3.05) is 0 Å². The van der Waals surface area contributed by atoms with Gasteiger partial charge in [-0.1, -0.05) is 20.8 Å². The van der Waals surface area contributed by atoms with Crippen molar-refractivity contribution >= 4 is 0 Å². The maximum Gasteiger partial charge on any atom is 0.132 e. The second-order valence-corrected chi connectivity index (χ2v) is 3.83. The molecule has 0 spiro atoms. The summed E-state index contributed by atoms with van der Waals surface area (Å²) < 4.78 is 0. The van der Waals surface area contributed by atoms with Crippen LogP contribution >= 0.6 is 0 Å². The third kappa shape index (κ3) is 3.94. The standard InChI is InChI=1S/C12H21N3/c1-4-7-10-13-11(8-5-2)15-12(14-10)9-6-3/h4-9H2,1-3H3. The van der Waals surface area contributed by atoms with Crippen LogP contribution in [0.2, 0.25) is 0 Å². The molecule has 0 aromatic carbocycles. The fraction of sp³-hybridized carbons (Fsp3) is 0.750. The van der Waals surface area contributed by atoms with Crippen molar-refractivity contribution in [3.05, 3.63) is 17.5 Å². The van der Waals surface area contributed by atoms with E-state index >= 15 is 0 Å². The molecule has 0 saturated heterocycles. The lowest BCUT2D eigenvalue weighted by molar-refractivity contribution is 0.707. The van der Waals surface area contributed by atoms with Gasteiger partial charge in [0.1, 0.15) is 17.5 Å². The highest BCUT2D eigenvalue weighted by molar-refractivity contribution is 4.98. The van der Waals surface area contributed by atoms with Crippen molar-refractivity contribution in [2.24, 2.45) is 0 Å². The molecule has 0 radical (unpaired) electrons. The first-order chi connectivity index (χ1) is 7.30. The molecule has 0 N–H and O–H groups in total. The summed E-state index contributed by atoms with van der Waals surface area (Å²) >= 11 is 0. The Morgan fingerprint density at radius 1 is 0.600 bits per heavy atom. The molecular formula is C12H21N3. The van der Waals surface area contributed by atoms with Crippen LogP contribution < -0.4 is 0 Å². The predicted molar refractivity (Wildman–Crippen MR) is 61.8 cm³/mol. The molecule has 1 aromatic heterocycles. The van der Waals surface area contributed by atoms with Crippen LogP contribution in [0.4, 0.5) is 0 Å². The number of nitrogens with zero attached hydrogens (tertiary/aromatic N) is 3. The van der Waals surface area contributed by atoms with Crippen molar-refractivity contribution in [3.8, 4) is 0 Å². The van der Waals surface area contributed by atoms with Gasteiger partial charge in [-0.2, -0.15) is 0 Å². The molecule has 3 heteroatoms. The fourth-order valence-electron chi connectivity index (χ4n) is 1.53. The van der Waals surface area contributed by atoms with Gasteiger partial charge in [-0.05, 0) is 19.3 Å². The minimum absolute atomic E-state index is 0.968. The van der Waals surface area contributed by atoms with Crippen LogP contribution in [0.15, 0.2) is 0 Å². The van der Waals surface area contributed by atoms with E-state index in [1.807, 2.05) is 0 Å². The highest BCUT2D eigenvalue weighted by Crippen LogP contribution is 2.03. The zero-order chi connectivity index (χ0) is 11.1. The van der Waals surface area contributed by atoms with Crippen molar-refractivity contribution in [1.29, 1.82) is 0 Å². The van der Waals surface area contributed by atoms with Gasteiger partial charge in [-0.25, -0.2) is 15.0 Å². The average molecular weight is 207 g/mol. The van der Waals surface area contributed by atoms with E-state index in [4.69, 9.17) is 0 Å². The second-order valence-electron chi connectivity index (χ2n) is 3.83. The van der Waals surface area contributed by atoms with Gasteiger partial charge >= 0.3 is 0 Å². The molecule has 1 aromatic rings. The van der Waals surface area contributed by atoms with Gasteiger partial charge in [0.2, 0.25) is 0 Å². The second kappa shape index (κ2) is 6.49. The van der Waals surface area contributed by atoms with Crippen molar-refractivity contribution in [2.45, 2.75) is 59.3 Å². The predicted octanol–water partition coefficient (Wildman–Crippen LogP) is 2.73. The largest absolute Gasteiger partial charge is 0.218 e. The van der Waals surface area contributed by atoms with Crippen LogP contribution in [0.5, 0.6) is 0 Å². The van der Waals surface area contributed by atoms with Gasteiger partial charge in [-0.3, -0.25) is 0 Å². The smallest absolute Gasteiger partial charge is 0.132 e. The molecule has 0 atom stereocenters. The Bertz CT molecular complexity index is 237. The number of aromatic nitrogens is 3. The quantitative estimate of drug-likeness (QED) is 0.720. The summed E-state index contributed by atoms with van der Waals surface area (Å²) in [6.45, 7) is 6.47. The molecule has 1 heterocycles. The summed E-state index contributed by atoms with van der Waals surface area (Å²) in [4.78, 5) is 13.4. The van der Waals surface area contributed by atoms with E-state index in [1.165, 1.54) is 0 Å². The molecule has 0 saturated carbocycles. The Balaban J connectivity index is 2.86. The van der Waals surface area contributed by atoms with E-state index in [0.717, 1.165) is 56.0 Å². The third-order valence-corrected chi connectivity index (χ3v) is 2.20. The summed E-state index contributed by atoms with van der Waals surface area (Å²) in [5.74, 6) is 2.92. The summed E-state index contributed by atoms with van der Waals surface area (Å²) in [5.41, 5.74) is 0. The van der Waals surface area contributed by atoms with Gasteiger partial charge in [0.15, 0.2) is 0 Å². The van der Waals surface area contributed by atoms with Crippen LogP contribution in [-0.4, -0.2) is 15.0 Å². The fourth-order valence-corrected chi connectivity index (χ4v) is 1.53. The van der Waals surface area contributed by atoms with E-state index in [0.29, 0.717) is 0 Å². The molecule has 0 unspecified atom stereocenters. The molecule has 3 nitrogen and oxygen atoms in total. The Kier molecular flexibility index (Phi) is 5.22. The number of hydrogen-bond donors (Lipinski definition) is 0. The zero-order valence-electron chi connectivity index (χ0n) is 10.1. The lowest BCUT2D eigenvalue weighted by Gasteiger charge is -2.05. The number of aryl methyl sites for hydroxylation is 3. The lowest BCUT2D eigenvalue weighted by Crippen LogP contribution is -2.07. The van der Waals surface area contributed by atoms with E-state index < -0.39 is 0 Å². The molecule has 0 amide bonds. The van der Waals surface area contributed by atoms with Crippen LogP contribution in [0.25, 0.3) is 0 Å². The normalized spacial score (nSPS) is 10.6. The van der Waals surface area contributed by atoms with Crippen molar-refractivity contribution in [1.82, 2.24) is 15.0 Å². The molecule has 0 aliphatic rings. The van der Waals surface area contributed by atoms with Gasteiger partial charge in [0.25, 0.3) is 0 Å². The van der Waals surface area contributed by atoms with Crippen LogP contribution in [-0.2, 0) is 19.3 Å². The van der Waals surface area contributed by atoms with Crippen molar-refractivity contribution in [3.63, 3.8) is 0 Å². The Morgan fingerprint density at radius 3 is 1.07 bits per heavy atom. The molecule has 0 aliphatic carbocycles. The summed E-state index contributed by atoms with van der Waals surface area (Å²) in [6, 6.07) is 0. The minimum Gasteiger partial charge on any atom is -0.218 e. The summed E-state index contributed by atoms with van der Waals surface area (Å²) in [7, 11) is 0. The van der Waals surface area contributed by atoms with E-state index in [2.05, 4.69) is 35.7 Å². The molecule has 0 bridgehead atoms. The number of rotatable bonds is 6. The first kappa shape index (κ1) is 12.1. The molecule has 1 rings (SSSR count). The highest BCUT2D eigenvalue weighted by Gasteiger charge is 2.04. The molecule has 15 heavy (non-hydrogen) atoms. The SMILES string of the molecule is CCCc1nc(CCC)nc(CCC)n1. The van der Waals surface area contributed by atoms with Gasteiger partial charge in [0.05, 0.1) is 0 Å². The van der Waals surface area contributed by atoms with Crippen molar-refractivity contribution < 1.29 is 0 Å². The maximum atomic E-state index is 4.47. The Labute approximate surface area is 92.4 Å². The first-order valence-corrected chi connectivity index (χ1v) is 6.02. The third-order valence-electron chi connectivity index (χ3n) is 2.20. The monoisotopic (exact) mass is 207 g/mol. The molecule has 84 valence electrons. The van der Waals surface area contributed by atoms with Crippen LogP contribution in [0.3, 0.4) is 0 Å². The number of hydrogen-bond acceptors (Lipinski definition) is 3. The zero-order valence-corrected chi connectivity index (χ0v) is 10.1. The van der Waals surface area contributed by atoms with Crippen LogP contribution in [0.1, 0.15) is 57.5 Å². The highest BCUT2D eigenvalue weighted by atomic mass is 15.0. The van der Waals surface area contributed by atoms with E-state index in [1.54, 1.807) is 0 Å². The Morgan fingerprint density at radius 2 is 0.867 bits per heavy atom. The van der Waals surface area contributed by atoms with Gasteiger partial charge < -0.3 is 0 Å². The van der Waals surface area contributed by atoms with E-state index in [-0.39, 0.29) is 0 Å². The molecule has 0 fully saturated rings. The molecule has 0 aliphatic heterocycles. The van der Waals surface area contributed by atoms with E-state index in [9.17, 15) is 0 Å². The van der Waals surface area contributed by atoms with Gasteiger partial charge in [-0.15, -0.1) is 0 Å². The topological polar surface area (TPSA) is 38.7 Å². The lowest BCUT2D eigenvalue weighted by atomic mass is 10.2. The molecular weight excluding hydrogens is 186 g/mol. The minimum atomic E-state index is 0.968. The summed E-state index contributed by atoms with van der Waals surface area (Å²) in [5, 5.41) is 0. The average Bonchev–Trinajstić information content (AvgIpc) is 2.19.